The van der Waals surface area contributed by atoms with Crippen molar-refractivity contribution in [1.82, 2.24) is 4.98 Å². The van der Waals surface area contributed by atoms with Gasteiger partial charge in [0.2, 0.25) is 0 Å². The quantitative estimate of drug-likeness (QED) is 0.517. The number of nitrogens with zero attached hydrogens (tertiary/aromatic N) is 2. The van der Waals surface area contributed by atoms with E-state index >= 15 is 0 Å². The van der Waals surface area contributed by atoms with E-state index in [0.717, 1.165) is 11.3 Å². The summed E-state index contributed by atoms with van der Waals surface area (Å²) in [5, 5.41) is 13.4. The fraction of sp³-hybridized carbons (Fsp3) is 0. The summed E-state index contributed by atoms with van der Waals surface area (Å²) in [6, 6.07) is 4.76. The average Bonchev–Trinajstić information content (AvgIpc) is 2.96. The molecule has 0 fully saturated rings. The molecule has 0 atom stereocenters. The second kappa shape index (κ2) is 4.29. The van der Waals surface area contributed by atoms with E-state index in [1.807, 2.05) is 0 Å². The molecule has 7 heteroatoms. The van der Waals surface area contributed by atoms with Gasteiger partial charge in [0.1, 0.15) is 0 Å². The Morgan fingerprint density at radius 3 is 2.95 bits per heavy atom. The van der Waals surface area contributed by atoms with E-state index < -0.39 is 4.92 Å². The molecule has 0 radical (unpaired) electrons. The van der Waals surface area contributed by atoms with Crippen molar-refractivity contribution in [3.05, 3.63) is 51.1 Å². The summed E-state index contributed by atoms with van der Waals surface area (Å²) in [5.41, 5.74) is 1.89. The molecular weight excluding hydrogens is 266 g/mol. The van der Waals surface area contributed by atoms with E-state index in [4.69, 9.17) is 0 Å². The van der Waals surface area contributed by atoms with Crippen molar-refractivity contribution >= 4 is 39.6 Å². The zero-order valence-electron chi connectivity index (χ0n) is 9.49. The highest BCUT2D eigenvalue weighted by Gasteiger charge is 2.24. The van der Waals surface area contributed by atoms with Gasteiger partial charge in [-0.25, -0.2) is 0 Å². The minimum absolute atomic E-state index is 0.0525. The van der Waals surface area contributed by atoms with E-state index in [2.05, 4.69) is 10.3 Å². The molecule has 0 aliphatic carbocycles. The van der Waals surface area contributed by atoms with Gasteiger partial charge in [0.15, 0.2) is 0 Å². The smallest absolute Gasteiger partial charge is 0.321 e. The number of carbonyl (C=O) groups is 1. The van der Waals surface area contributed by atoms with E-state index in [9.17, 15) is 14.9 Å². The number of hydrogen-bond donors (Lipinski definition) is 1. The third kappa shape index (κ3) is 2.00. The Morgan fingerprint density at radius 1 is 1.37 bits per heavy atom. The van der Waals surface area contributed by atoms with Crippen LogP contribution in [0.1, 0.15) is 10.4 Å². The fourth-order valence-corrected chi connectivity index (χ4v) is 2.60. The van der Waals surface area contributed by atoms with Gasteiger partial charge in [-0.1, -0.05) is 11.3 Å². The monoisotopic (exact) mass is 273 g/mol. The highest BCUT2D eigenvalue weighted by Crippen LogP contribution is 2.34. The first kappa shape index (κ1) is 11.5. The SMILES string of the molecule is O=C1Nc2ccncc2C1=Cc1ccc([N+](=O)[O-])s1. The number of nitrogens with one attached hydrogen (secondary N) is 1. The van der Waals surface area contributed by atoms with Crippen LogP contribution in [0.3, 0.4) is 0 Å². The predicted molar refractivity (Wildman–Crippen MR) is 71.7 cm³/mol. The minimum atomic E-state index is -0.448. The molecule has 2 aromatic heterocycles. The summed E-state index contributed by atoms with van der Waals surface area (Å²) in [7, 11) is 0. The Bertz CT molecular complexity index is 721. The molecule has 0 aromatic carbocycles. The summed E-state index contributed by atoms with van der Waals surface area (Å²) in [6.07, 6.45) is 4.83. The largest absolute Gasteiger partial charge is 0.324 e. The Morgan fingerprint density at radius 2 is 2.21 bits per heavy atom. The lowest BCUT2D eigenvalue weighted by Crippen LogP contribution is -2.03. The Labute approximate surface area is 111 Å². The third-order valence-electron chi connectivity index (χ3n) is 2.68. The molecule has 0 spiro atoms. The Balaban J connectivity index is 2.03. The van der Waals surface area contributed by atoms with Gasteiger partial charge in [0, 0.05) is 28.9 Å². The molecule has 0 saturated carbocycles. The second-order valence-corrected chi connectivity index (χ2v) is 4.96. The number of thiophene rings is 1. The number of anilines is 1. The number of pyridine rings is 1. The molecule has 0 bridgehead atoms. The summed E-state index contributed by atoms with van der Waals surface area (Å²) >= 11 is 1.03. The normalized spacial score (nSPS) is 15.4. The predicted octanol–water partition coefficient (Wildman–Crippen LogP) is 2.54. The van der Waals surface area contributed by atoms with Crippen LogP contribution in [-0.4, -0.2) is 15.8 Å². The van der Waals surface area contributed by atoms with E-state index in [-0.39, 0.29) is 10.9 Å². The average molecular weight is 273 g/mol. The van der Waals surface area contributed by atoms with Crippen molar-refractivity contribution in [2.45, 2.75) is 0 Å². The van der Waals surface area contributed by atoms with Gasteiger partial charge in [0.25, 0.3) is 5.91 Å². The lowest BCUT2D eigenvalue weighted by Gasteiger charge is -1.94. The van der Waals surface area contributed by atoms with Gasteiger partial charge in [0.05, 0.1) is 16.2 Å². The number of aromatic nitrogens is 1. The first-order chi connectivity index (χ1) is 9.15. The van der Waals surface area contributed by atoms with Crippen LogP contribution in [0.5, 0.6) is 0 Å². The van der Waals surface area contributed by atoms with Crippen LogP contribution in [0.25, 0.3) is 11.6 Å². The summed E-state index contributed by atoms with van der Waals surface area (Å²) < 4.78 is 0. The summed E-state index contributed by atoms with van der Waals surface area (Å²) in [5.74, 6) is -0.223. The van der Waals surface area contributed by atoms with Crippen LogP contribution < -0.4 is 5.32 Å². The molecule has 3 heterocycles. The number of nitro groups is 1. The Hall–Kier alpha value is -2.54. The maximum atomic E-state index is 11.8. The molecular formula is C12H7N3O3S. The van der Waals surface area contributed by atoms with Crippen LogP contribution >= 0.6 is 11.3 Å². The van der Waals surface area contributed by atoms with Crippen LogP contribution in [0.2, 0.25) is 0 Å². The highest BCUT2D eigenvalue weighted by atomic mass is 32.1. The molecule has 6 nitrogen and oxygen atoms in total. The van der Waals surface area contributed by atoms with Gasteiger partial charge in [-0.05, 0) is 18.2 Å². The summed E-state index contributed by atoms with van der Waals surface area (Å²) in [4.78, 5) is 26.7. The van der Waals surface area contributed by atoms with Crippen LogP contribution in [0.15, 0.2) is 30.6 Å². The van der Waals surface area contributed by atoms with Gasteiger partial charge in [-0.15, -0.1) is 0 Å². The van der Waals surface area contributed by atoms with E-state index in [0.29, 0.717) is 21.7 Å². The molecule has 3 rings (SSSR count). The number of rotatable bonds is 2. The molecule has 2 aromatic rings. The van der Waals surface area contributed by atoms with Gasteiger partial charge in [-0.2, -0.15) is 0 Å². The molecule has 1 N–H and O–H groups in total. The molecule has 94 valence electrons. The number of hydrogen-bond acceptors (Lipinski definition) is 5. The molecule has 1 amide bonds. The van der Waals surface area contributed by atoms with E-state index in [1.165, 1.54) is 6.07 Å². The van der Waals surface area contributed by atoms with Crippen molar-refractivity contribution in [1.29, 1.82) is 0 Å². The fourth-order valence-electron chi connectivity index (χ4n) is 1.83. The zero-order valence-corrected chi connectivity index (χ0v) is 10.3. The second-order valence-electron chi connectivity index (χ2n) is 3.87. The van der Waals surface area contributed by atoms with Crippen molar-refractivity contribution < 1.29 is 9.72 Å². The Kier molecular flexibility index (Phi) is 2.60. The van der Waals surface area contributed by atoms with Gasteiger partial charge in [-0.3, -0.25) is 19.9 Å². The van der Waals surface area contributed by atoms with Crippen LogP contribution in [0, 0.1) is 10.1 Å². The number of carbonyl (C=O) groups excluding carboxylic acids is 1. The minimum Gasteiger partial charge on any atom is -0.321 e. The van der Waals surface area contributed by atoms with Gasteiger partial charge < -0.3 is 5.32 Å². The lowest BCUT2D eigenvalue weighted by atomic mass is 10.1. The molecule has 1 aliphatic rings. The highest BCUT2D eigenvalue weighted by molar-refractivity contribution is 7.16. The van der Waals surface area contributed by atoms with Crippen molar-refractivity contribution in [2.75, 3.05) is 5.32 Å². The molecule has 19 heavy (non-hydrogen) atoms. The van der Waals surface area contributed by atoms with Crippen molar-refractivity contribution in [2.24, 2.45) is 0 Å². The van der Waals surface area contributed by atoms with Crippen LogP contribution in [-0.2, 0) is 4.79 Å². The maximum absolute atomic E-state index is 11.8. The maximum Gasteiger partial charge on any atom is 0.324 e. The number of amides is 1. The molecule has 1 aliphatic heterocycles. The zero-order chi connectivity index (χ0) is 13.4. The standard InChI is InChI=1S/C12H7N3O3S/c16-12-8(9-6-13-4-3-10(9)14-12)5-7-1-2-11(19-7)15(17)18/h1-6H,(H,14,16). The number of fused-ring (bicyclic) bond motifs is 1. The van der Waals surface area contributed by atoms with E-state index in [1.54, 1.807) is 30.6 Å². The molecule has 0 saturated heterocycles. The lowest BCUT2D eigenvalue weighted by molar-refractivity contribution is -0.380. The first-order valence-corrected chi connectivity index (χ1v) is 6.18. The van der Waals surface area contributed by atoms with Gasteiger partial charge >= 0.3 is 5.00 Å². The van der Waals surface area contributed by atoms with Crippen molar-refractivity contribution in [3.63, 3.8) is 0 Å². The van der Waals surface area contributed by atoms with Crippen molar-refractivity contribution in [3.8, 4) is 0 Å². The summed E-state index contributed by atoms with van der Waals surface area (Å²) in [6.45, 7) is 0. The first-order valence-electron chi connectivity index (χ1n) is 5.37. The third-order valence-corrected chi connectivity index (χ3v) is 3.67. The topological polar surface area (TPSA) is 85.1 Å². The van der Waals surface area contributed by atoms with Crippen LogP contribution in [0.4, 0.5) is 10.7 Å². The molecule has 0 unspecified atom stereocenters.